The first-order chi connectivity index (χ1) is 6.24. The summed E-state index contributed by atoms with van der Waals surface area (Å²) in [5.74, 6) is 0.940. The van der Waals surface area contributed by atoms with Gasteiger partial charge in [0.05, 0.1) is 6.26 Å². The number of rotatable bonds is 3. The van der Waals surface area contributed by atoms with Crippen molar-refractivity contribution in [2.45, 2.75) is 27.2 Å². The van der Waals surface area contributed by atoms with E-state index in [-0.39, 0.29) is 0 Å². The number of hydrogen-bond donors (Lipinski definition) is 0. The number of ether oxygens (including phenoxy) is 1. The molecule has 13 heavy (non-hydrogen) atoms. The summed E-state index contributed by atoms with van der Waals surface area (Å²) in [7, 11) is 0. The van der Waals surface area contributed by atoms with Crippen LogP contribution in [0.3, 0.4) is 0 Å². The lowest BCUT2D eigenvalue weighted by Gasteiger charge is -2.04. The molecule has 1 aromatic carbocycles. The molecular weight excluding hydrogens is 160 g/mol. The molecule has 1 rings (SSSR count). The maximum absolute atomic E-state index is 5.53. The van der Waals surface area contributed by atoms with Crippen LogP contribution in [0.4, 0.5) is 0 Å². The fraction of sp³-hybridized carbons (Fsp3) is 0.333. The molecule has 0 saturated heterocycles. The van der Waals surface area contributed by atoms with Crippen LogP contribution < -0.4 is 4.74 Å². The first-order valence-electron chi connectivity index (χ1n) is 4.62. The number of para-hydroxylation sites is 1. The van der Waals surface area contributed by atoms with E-state index in [1.807, 2.05) is 37.5 Å². The third-order valence-corrected chi connectivity index (χ3v) is 2.04. The van der Waals surface area contributed by atoms with Crippen LogP contribution in [0.2, 0.25) is 0 Å². The minimum absolute atomic E-state index is 0.940. The van der Waals surface area contributed by atoms with Gasteiger partial charge in [-0.05, 0) is 37.5 Å². The standard InChI is InChI=1S/C12H16O/c1-4-10(2)9-13-12-8-6-5-7-11(12)3/h5-9H,4H2,1-3H3. The molecule has 0 unspecified atom stereocenters. The Bertz CT molecular complexity index is 300. The molecule has 0 aliphatic carbocycles. The van der Waals surface area contributed by atoms with Crippen LogP contribution in [0.25, 0.3) is 0 Å². The van der Waals surface area contributed by atoms with Gasteiger partial charge in [0.25, 0.3) is 0 Å². The molecule has 70 valence electrons. The topological polar surface area (TPSA) is 9.23 Å². The molecular formula is C12H16O. The predicted octanol–water partition coefficient (Wildman–Crippen LogP) is 3.69. The summed E-state index contributed by atoms with van der Waals surface area (Å²) in [6, 6.07) is 8.02. The number of allylic oxidation sites excluding steroid dienone is 1. The summed E-state index contributed by atoms with van der Waals surface area (Å²) in [6.45, 7) is 6.23. The Balaban J connectivity index is 2.70. The molecule has 0 amide bonds. The van der Waals surface area contributed by atoms with Crippen LogP contribution in [0.15, 0.2) is 36.1 Å². The molecule has 0 atom stereocenters. The molecule has 1 nitrogen and oxygen atoms in total. The van der Waals surface area contributed by atoms with E-state index in [9.17, 15) is 0 Å². The van der Waals surface area contributed by atoms with E-state index < -0.39 is 0 Å². The van der Waals surface area contributed by atoms with E-state index in [1.54, 1.807) is 0 Å². The molecule has 0 aliphatic rings. The van der Waals surface area contributed by atoms with Crippen molar-refractivity contribution in [1.29, 1.82) is 0 Å². The highest BCUT2D eigenvalue weighted by atomic mass is 16.5. The normalized spacial score (nSPS) is 11.5. The molecule has 1 aromatic rings. The Morgan fingerprint density at radius 3 is 2.69 bits per heavy atom. The third kappa shape index (κ3) is 2.94. The second kappa shape index (κ2) is 4.70. The van der Waals surface area contributed by atoms with Gasteiger partial charge in [0.2, 0.25) is 0 Å². The largest absolute Gasteiger partial charge is 0.465 e. The molecule has 0 aromatic heterocycles. The first-order valence-corrected chi connectivity index (χ1v) is 4.62. The Labute approximate surface area is 80.0 Å². The molecule has 1 heteroatoms. The second-order valence-electron chi connectivity index (χ2n) is 3.20. The number of benzene rings is 1. The summed E-state index contributed by atoms with van der Waals surface area (Å²) in [5.41, 5.74) is 2.42. The zero-order chi connectivity index (χ0) is 9.68. The van der Waals surface area contributed by atoms with Crippen molar-refractivity contribution in [2.24, 2.45) is 0 Å². The monoisotopic (exact) mass is 176 g/mol. The van der Waals surface area contributed by atoms with Crippen molar-refractivity contribution in [2.75, 3.05) is 0 Å². The van der Waals surface area contributed by atoms with Gasteiger partial charge in [0.15, 0.2) is 0 Å². The van der Waals surface area contributed by atoms with E-state index in [0.29, 0.717) is 0 Å². The Morgan fingerprint density at radius 1 is 1.38 bits per heavy atom. The van der Waals surface area contributed by atoms with Crippen LogP contribution >= 0.6 is 0 Å². The average Bonchev–Trinajstić information content (AvgIpc) is 2.16. The number of aryl methyl sites for hydroxylation is 1. The van der Waals surface area contributed by atoms with Crippen molar-refractivity contribution in [1.82, 2.24) is 0 Å². The van der Waals surface area contributed by atoms with E-state index in [4.69, 9.17) is 4.74 Å². The maximum atomic E-state index is 5.53. The summed E-state index contributed by atoms with van der Waals surface area (Å²) in [5, 5.41) is 0. The predicted molar refractivity (Wildman–Crippen MR) is 55.9 cm³/mol. The third-order valence-electron chi connectivity index (χ3n) is 2.04. The Morgan fingerprint density at radius 2 is 2.08 bits per heavy atom. The fourth-order valence-corrected chi connectivity index (χ4v) is 0.936. The lowest BCUT2D eigenvalue weighted by atomic mass is 10.2. The second-order valence-corrected chi connectivity index (χ2v) is 3.20. The summed E-state index contributed by atoms with van der Waals surface area (Å²) >= 11 is 0. The number of hydrogen-bond acceptors (Lipinski definition) is 1. The summed E-state index contributed by atoms with van der Waals surface area (Å²) in [4.78, 5) is 0. The summed E-state index contributed by atoms with van der Waals surface area (Å²) < 4.78 is 5.53. The molecule has 0 saturated carbocycles. The molecule has 0 spiro atoms. The van der Waals surface area contributed by atoms with Crippen molar-refractivity contribution in [3.8, 4) is 5.75 Å². The van der Waals surface area contributed by atoms with Crippen LogP contribution in [0.5, 0.6) is 5.75 Å². The summed E-state index contributed by atoms with van der Waals surface area (Å²) in [6.07, 6.45) is 2.86. The van der Waals surface area contributed by atoms with Gasteiger partial charge in [-0.1, -0.05) is 25.1 Å². The minimum atomic E-state index is 0.940. The van der Waals surface area contributed by atoms with E-state index in [0.717, 1.165) is 12.2 Å². The quantitative estimate of drug-likeness (QED) is 0.638. The van der Waals surface area contributed by atoms with Crippen LogP contribution in [-0.4, -0.2) is 0 Å². The van der Waals surface area contributed by atoms with Gasteiger partial charge < -0.3 is 4.74 Å². The van der Waals surface area contributed by atoms with E-state index in [1.165, 1.54) is 11.1 Å². The Hall–Kier alpha value is -1.24. The van der Waals surface area contributed by atoms with Crippen molar-refractivity contribution in [3.63, 3.8) is 0 Å². The zero-order valence-electron chi connectivity index (χ0n) is 8.50. The first kappa shape index (κ1) is 9.85. The van der Waals surface area contributed by atoms with E-state index >= 15 is 0 Å². The lowest BCUT2D eigenvalue weighted by molar-refractivity contribution is 0.470. The molecule has 0 heterocycles. The highest BCUT2D eigenvalue weighted by molar-refractivity contribution is 5.32. The lowest BCUT2D eigenvalue weighted by Crippen LogP contribution is -1.87. The van der Waals surface area contributed by atoms with Crippen molar-refractivity contribution >= 4 is 0 Å². The minimum Gasteiger partial charge on any atom is -0.465 e. The van der Waals surface area contributed by atoms with Crippen molar-refractivity contribution in [3.05, 3.63) is 41.7 Å². The fourth-order valence-electron chi connectivity index (χ4n) is 0.936. The highest BCUT2D eigenvalue weighted by Gasteiger charge is 1.94. The van der Waals surface area contributed by atoms with Crippen LogP contribution in [0, 0.1) is 6.92 Å². The van der Waals surface area contributed by atoms with Crippen LogP contribution in [-0.2, 0) is 0 Å². The molecule has 0 bridgehead atoms. The smallest absolute Gasteiger partial charge is 0.129 e. The maximum Gasteiger partial charge on any atom is 0.129 e. The molecule has 0 aliphatic heterocycles. The molecule has 0 N–H and O–H groups in total. The van der Waals surface area contributed by atoms with Gasteiger partial charge in [-0.25, -0.2) is 0 Å². The van der Waals surface area contributed by atoms with Gasteiger partial charge in [-0.3, -0.25) is 0 Å². The van der Waals surface area contributed by atoms with Gasteiger partial charge in [0.1, 0.15) is 5.75 Å². The van der Waals surface area contributed by atoms with Crippen LogP contribution in [0.1, 0.15) is 25.8 Å². The SMILES string of the molecule is CCC(C)=COc1ccccc1C. The average molecular weight is 176 g/mol. The zero-order valence-corrected chi connectivity index (χ0v) is 8.50. The van der Waals surface area contributed by atoms with Gasteiger partial charge in [0, 0.05) is 0 Å². The van der Waals surface area contributed by atoms with Gasteiger partial charge in [-0.2, -0.15) is 0 Å². The van der Waals surface area contributed by atoms with E-state index in [2.05, 4.69) is 13.8 Å². The molecule has 0 radical (unpaired) electrons. The van der Waals surface area contributed by atoms with Gasteiger partial charge in [-0.15, -0.1) is 0 Å². The van der Waals surface area contributed by atoms with Crippen molar-refractivity contribution < 1.29 is 4.74 Å². The molecule has 0 fully saturated rings. The highest BCUT2D eigenvalue weighted by Crippen LogP contribution is 2.17. The van der Waals surface area contributed by atoms with Gasteiger partial charge >= 0.3 is 0 Å². The Kier molecular flexibility index (Phi) is 3.56.